The molecule has 4 nitrogen and oxygen atoms in total. The van der Waals surface area contributed by atoms with Gasteiger partial charge < -0.3 is 15.4 Å². The number of anilines is 2. The molecule has 1 aromatic rings. The van der Waals surface area contributed by atoms with Gasteiger partial charge in [0.2, 0.25) is 0 Å². The topological polar surface area (TPSA) is 51.4 Å². The maximum Gasteiger partial charge on any atom is 0.151 e. The third kappa shape index (κ3) is 2.85. The van der Waals surface area contributed by atoms with Crippen LogP contribution in [0.1, 0.15) is 19.8 Å². The minimum absolute atomic E-state index is 0.331. The Bertz CT molecular complexity index is 378. The van der Waals surface area contributed by atoms with E-state index in [1.807, 2.05) is 6.92 Å². The number of nitrogens with zero attached hydrogens (tertiary/aromatic N) is 2. The first kappa shape index (κ1) is 12.1. The highest BCUT2D eigenvalue weighted by Crippen LogP contribution is 2.24. The lowest BCUT2D eigenvalue weighted by molar-refractivity contribution is 0.0458. The van der Waals surface area contributed by atoms with Crippen molar-refractivity contribution >= 4 is 11.5 Å². The van der Waals surface area contributed by atoms with Crippen LogP contribution in [0.2, 0.25) is 0 Å². The fourth-order valence-electron chi connectivity index (χ4n) is 2.18. The van der Waals surface area contributed by atoms with Crippen molar-refractivity contribution in [3.63, 3.8) is 0 Å². The van der Waals surface area contributed by atoms with Crippen molar-refractivity contribution in [1.82, 2.24) is 4.98 Å². The third-order valence-corrected chi connectivity index (χ3v) is 3.01. The van der Waals surface area contributed by atoms with Gasteiger partial charge in [-0.05, 0) is 19.8 Å². The van der Waals surface area contributed by atoms with Crippen LogP contribution in [0.5, 0.6) is 0 Å². The molecule has 2 heterocycles. The van der Waals surface area contributed by atoms with E-state index in [2.05, 4.69) is 9.88 Å². The van der Waals surface area contributed by atoms with Crippen molar-refractivity contribution in [3.05, 3.63) is 18.1 Å². The van der Waals surface area contributed by atoms with E-state index in [0.29, 0.717) is 17.6 Å². The molecule has 94 valence electrons. The summed E-state index contributed by atoms with van der Waals surface area (Å²) in [5.41, 5.74) is 6.17. The molecule has 0 spiro atoms. The quantitative estimate of drug-likeness (QED) is 0.874. The molecule has 1 saturated heterocycles. The first-order chi connectivity index (χ1) is 8.20. The summed E-state index contributed by atoms with van der Waals surface area (Å²) in [5.74, 6) is 0.289. The zero-order valence-corrected chi connectivity index (χ0v) is 10.0. The number of nitrogen functional groups attached to an aromatic ring is 1. The number of hydrogen-bond acceptors (Lipinski definition) is 4. The fourth-order valence-corrected chi connectivity index (χ4v) is 2.18. The van der Waals surface area contributed by atoms with Crippen LogP contribution in [0, 0.1) is 5.82 Å². The van der Waals surface area contributed by atoms with Crippen LogP contribution in [0.3, 0.4) is 0 Å². The lowest BCUT2D eigenvalue weighted by Gasteiger charge is -2.33. The summed E-state index contributed by atoms with van der Waals surface area (Å²) < 4.78 is 18.5. The monoisotopic (exact) mass is 239 g/mol. The van der Waals surface area contributed by atoms with Gasteiger partial charge in [0.1, 0.15) is 5.82 Å². The smallest absolute Gasteiger partial charge is 0.151 e. The summed E-state index contributed by atoms with van der Waals surface area (Å²) in [6.07, 6.45) is 3.47. The van der Waals surface area contributed by atoms with Gasteiger partial charge in [-0.3, -0.25) is 0 Å². The predicted octanol–water partition coefficient (Wildman–Crippen LogP) is 1.81. The molecule has 2 rings (SSSR count). The van der Waals surface area contributed by atoms with Gasteiger partial charge in [0.25, 0.3) is 0 Å². The van der Waals surface area contributed by atoms with Gasteiger partial charge in [-0.1, -0.05) is 0 Å². The zero-order valence-electron chi connectivity index (χ0n) is 10.0. The second-order valence-corrected chi connectivity index (χ2v) is 4.21. The number of ether oxygens (including phenoxy) is 1. The van der Waals surface area contributed by atoms with Crippen molar-refractivity contribution in [2.45, 2.75) is 25.9 Å². The van der Waals surface area contributed by atoms with Crippen molar-refractivity contribution in [2.24, 2.45) is 0 Å². The molecule has 0 bridgehead atoms. The van der Waals surface area contributed by atoms with Gasteiger partial charge in [0.05, 0.1) is 18.0 Å². The van der Waals surface area contributed by atoms with Gasteiger partial charge in [0.15, 0.2) is 5.82 Å². The number of rotatable bonds is 3. The van der Waals surface area contributed by atoms with Crippen molar-refractivity contribution in [1.29, 1.82) is 0 Å². The zero-order chi connectivity index (χ0) is 12.3. The molecule has 0 radical (unpaired) electrons. The molecule has 0 aromatic carbocycles. The van der Waals surface area contributed by atoms with Crippen LogP contribution in [-0.4, -0.2) is 30.8 Å². The van der Waals surface area contributed by atoms with Gasteiger partial charge in [-0.2, -0.15) is 0 Å². The number of aromatic nitrogens is 1. The summed E-state index contributed by atoms with van der Waals surface area (Å²) in [6.45, 7) is 4.47. The molecule has 5 heteroatoms. The molecule has 0 unspecified atom stereocenters. The minimum Gasteiger partial charge on any atom is -0.396 e. The van der Waals surface area contributed by atoms with Crippen LogP contribution >= 0.6 is 0 Å². The van der Waals surface area contributed by atoms with Crippen LogP contribution in [0.15, 0.2) is 12.3 Å². The Balaban J connectivity index is 2.00. The lowest BCUT2D eigenvalue weighted by Crippen LogP contribution is -2.37. The van der Waals surface area contributed by atoms with Crippen molar-refractivity contribution in [2.75, 3.05) is 30.3 Å². The van der Waals surface area contributed by atoms with Crippen LogP contribution in [0.25, 0.3) is 0 Å². The number of pyridine rings is 1. The summed E-state index contributed by atoms with van der Waals surface area (Å²) in [4.78, 5) is 6.15. The molecule has 0 aliphatic carbocycles. The summed E-state index contributed by atoms with van der Waals surface area (Å²) in [5, 5.41) is 0. The van der Waals surface area contributed by atoms with E-state index in [0.717, 1.165) is 32.5 Å². The highest BCUT2D eigenvalue weighted by molar-refractivity contribution is 5.62. The molecule has 0 saturated carbocycles. The molecule has 1 aliphatic rings. The minimum atomic E-state index is -0.393. The molecule has 2 N–H and O–H groups in total. The van der Waals surface area contributed by atoms with E-state index in [1.54, 1.807) is 0 Å². The Kier molecular flexibility index (Phi) is 3.78. The highest BCUT2D eigenvalue weighted by atomic mass is 19.1. The average Bonchev–Trinajstić information content (AvgIpc) is 2.31. The Morgan fingerprint density at radius 1 is 1.53 bits per heavy atom. The Morgan fingerprint density at radius 2 is 2.24 bits per heavy atom. The molecule has 17 heavy (non-hydrogen) atoms. The van der Waals surface area contributed by atoms with E-state index in [1.165, 1.54) is 12.3 Å². The van der Waals surface area contributed by atoms with Crippen LogP contribution in [0.4, 0.5) is 15.9 Å². The maximum absolute atomic E-state index is 12.9. The van der Waals surface area contributed by atoms with E-state index in [4.69, 9.17) is 10.5 Å². The van der Waals surface area contributed by atoms with Gasteiger partial charge in [0, 0.05) is 25.8 Å². The summed E-state index contributed by atoms with van der Waals surface area (Å²) in [7, 11) is 0. The Morgan fingerprint density at radius 3 is 2.82 bits per heavy atom. The maximum atomic E-state index is 12.9. The Hall–Kier alpha value is -1.36. The number of piperidine rings is 1. The second-order valence-electron chi connectivity index (χ2n) is 4.21. The lowest BCUT2D eigenvalue weighted by atomic mass is 10.1. The number of halogens is 1. The molecule has 1 aliphatic heterocycles. The molecule has 0 amide bonds. The SMILES string of the molecule is CCOC1CCN(c2ncc(F)cc2N)CC1. The van der Waals surface area contributed by atoms with Crippen LogP contribution in [-0.2, 0) is 4.74 Å². The third-order valence-electron chi connectivity index (χ3n) is 3.01. The molecular weight excluding hydrogens is 221 g/mol. The van der Waals surface area contributed by atoms with E-state index < -0.39 is 5.82 Å². The first-order valence-electron chi connectivity index (χ1n) is 5.98. The molecule has 0 atom stereocenters. The first-order valence-corrected chi connectivity index (χ1v) is 5.98. The number of nitrogens with two attached hydrogens (primary N) is 1. The standard InChI is InChI=1S/C12H18FN3O/c1-2-17-10-3-5-16(6-4-10)12-11(14)7-9(13)8-15-12/h7-8,10H,2-6,14H2,1H3. The van der Waals surface area contributed by atoms with Gasteiger partial charge in [-0.25, -0.2) is 9.37 Å². The van der Waals surface area contributed by atoms with E-state index in [-0.39, 0.29) is 0 Å². The van der Waals surface area contributed by atoms with Crippen LogP contribution < -0.4 is 10.6 Å². The average molecular weight is 239 g/mol. The van der Waals surface area contributed by atoms with E-state index in [9.17, 15) is 4.39 Å². The summed E-state index contributed by atoms with van der Waals surface area (Å²) in [6, 6.07) is 1.32. The molecular formula is C12H18FN3O. The van der Waals surface area contributed by atoms with Gasteiger partial charge >= 0.3 is 0 Å². The second kappa shape index (κ2) is 5.31. The molecule has 1 aromatic heterocycles. The molecule has 1 fully saturated rings. The van der Waals surface area contributed by atoms with Crippen molar-refractivity contribution in [3.8, 4) is 0 Å². The van der Waals surface area contributed by atoms with Gasteiger partial charge in [-0.15, -0.1) is 0 Å². The fraction of sp³-hybridized carbons (Fsp3) is 0.583. The predicted molar refractivity (Wildman–Crippen MR) is 65.5 cm³/mol. The Labute approximate surface area is 101 Å². The van der Waals surface area contributed by atoms with Crippen molar-refractivity contribution < 1.29 is 9.13 Å². The number of hydrogen-bond donors (Lipinski definition) is 1. The summed E-state index contributed by atoms with van der Waals surface area (Å²) >= 11 is 0. The normalized spacial score (nSPS) is 17.4. The highest BCUT2D eigenvalue weighted by Gasteiger charge is 2.21. The van der Waals surface area contributed by atoms with E-state index >= 15 is 0 Å². The largest absolute Gasteiger partial charge is 0.396 e.